The van der Waals surface area contributed by atoms with Crippen LogP contribution in [0.1, 0.15) is 135 Å². The fraction of sp³-hybridized carbons (Fsp3) is 0.443. The Balaban J connectivity index is 1.37. The van der Waals surface area contributed by atoms with Gasteiger partial charge in [0, 0.05) is 38.9 Å². The van der Waals surface area contributed by atoms with Crippen molar-refractivity contribution in [2.24, 2.45) is 0 Å². The highest BCUT2D eigenvalue weighted by atomic mass is 16.6. The van der Waals surface area contributed by atoms with Gasteiger partial charge in [-0.3, -0.25) is 24.0 Å². The van der Waals surface area contributed by atoms with E-state index in [4.69, 9.17) is 18.9 Å². The number of hydrogen-bond acceptors (Lipinski definition) is 13. The number of unbranched alkanes of at least 4 members (excludes halogenated alkanes) is 1. The molecule has 4 atom stereocenters. The Morgan fingerprint density at radius 3 is 1.32 bits per heavy atom. The summed E-state index contributed by atoms with van der Waals surface area (Å²) in [6.07, 6.45) is -2.66. The van der Waals surface area contributed by atoms with Gasteiger partial charge in [0.2, 0.25) is 29.5 Å². The van der Waals surface area contributed by atoms with Crippen LogP contribution < -0.4 is 37.2 Å². The molecule has 1 fully saturated rings. The van der Waals surface area contributed by atoms with Crippen molar-refractivity contribution in [2.75, 3.05) is 26.7 Å². The minimum atomic E-state index is -1.56. The number of esters is 1. The number of rotatable bonds is 26. The van der Waals surface area contributed by atoms with Gasteiger partial charge in [-0.15, -0.1) is 0 Å². The average Bonchev–Trinajstić information content (AvgIpc) is 0.786. The standard InChI is InChI=1S/C70H90N8O13/c1-66(2,3)89-63(85)71-43-27-26-38-54(61(83)78-44-41-69(42-45-78,62(84)88-10)77-65(87)91-68(7,8)9)73-58(80)53(39-40-57(79)76-70(50-32-20-13-21-33-50,51-34-22-14-23-35-51)52-36-24-15-25-37-52)72-59(81)55(46-48-28-16-11-17-29-48)74-60(82)56(47-49-30-18-12-19-31-49)75-64(86)90-67(4,5)6/h11-25,28-37,53-56H,26-27,38-47H2,1-10H3,(H,71,85)(H,72,81)(H,73,80)(H,74,82)(H,75,86)(H,76,79)(H,77,87)/t53-,54-,55-,56-/m1/s1. The zero-order valence-electron chi connectivity index (χ0n) is 54.0. The molecule has 91 heavy (non-hydrogen) atoms. The molecule has 0 radical (unpaired) electrons. The molecule has 0 spiro atoms. The van der Waals surface area contributed by atoms with E-state index in [0.29, 0.717) is 17.5 Å². The van der Waals surface area contributed by atoms with Crippen LogP contribution in [0.4, 0.5) is 14.4 Å². The summed E-state index contributed by atoms with van der Waals surface area (Å²) >= 11 is 0. The predicted octanol–water partition coefficient (Wildman–Crippen LogP) is 8.46. The Morgan fingerprint density at radius 1 is 0.473 bits per heavy atom. The fourth-order valence-electron chi connectivity index (χ4n) is 10.6. The minimum absolute atomic E-state index is 0.00952. The van der Waals surface area contributed by atoms with Crippen LogP contribution in [0, 0.1) is 0 Å². The maximum absolute atomic E-state index is 15.4. The SMILES string of the molecule is COC(=O)C1(NC(=O)OC(C)(C)C)CCN(C(=O)[C@@H](CCCCNC(=O)OC(C)(C)C)NC(=O)[C@@H](CCC(=O)NC(c2ccccc2)(c2ccccc2)c2ccccc2)NC(=O)[C@@H](Cc2ccccc2)NC(=O)[C@@H](Cc2ccccc2)NC(=O)OC(C)(C)C)CC1. The molecule has 21 heteroatoms. The molecule has 6 rings (SSSR count). The first-order valence-electron chi connectivity index (χ1n) is 30.9. The second-order valence-electron chi connectivity index (χ2n) is 25.6. The quantitative estimate of drug-likeness (QED) is 0.0119. The van der Waals surface area contributed by atoms with Crippen LogP contribution in [0.25, 0.3) is 0 Å². The molecule has 8 amide bonds. The van der Waals surface area contributed by atoms with Gasteiger partial charge in [0.15, 0.2) is 0 Å². The van der Waals surface area contributed by atoms with Gasteiger partial charge in [-0.2, -0.15) is 0 Å². The van der Waals surface area contributed by atoms with Crippen molar-refractivity contribution in [3.8, 4) is 0 Å². The van der Waals surface area contributed by atoms with Crippen LogP contribution in [0.2, 0.25) is 0 Å². The van der Waals surface area contributed by atoms with Crippen molar-refractivity contribution in [2.45, 2.75) is 172 Å². The van der Waals surface area contributed by atoms with E-state index >= 15 is 19.2 Å². The van der Waals surface area contributed by atoms with Crippen LogP contribution in [-0.2, 0) is 66.1 Å². The van der Waals surface area contributed by atoms with E-state index in [0.717, 1.165) is 16.7 Å². The van der Waals surface area contributed by atoms with Gasteiger partial charge < -0.3 is 61.1 Å². The molecule has 0 aliphatic carbocycles. The van der Waals surface area contributed by atoms with Crippen LogP contribution in [-0.4, -0.2) is 132 Å². The lowest BCUT2D eigenvalue weighted by Gasteiger charge is -2.41. The number of carbonyl (C=O) groups excluding carboxylic acids is 9. The largest absolute Gasteiger partial charge is 0.467 e. The summed E-state index contributed by atoms with van der Waals surface area (Å²) in [5.41, 5.74) is -1.85. The Morgan fingerprint density at radius 2 is 0.868 bits per heavy atom. The third-order valence-corrected chi connectivity index (χ3v) is 14.9. The van der Waals surface area contributed by atoms with Crippen molar-refractivity contribution in [3.05, 3.63) is 179 Å². The molecule has 488 valence electrons. The molecule has 0 saturated carbocycles. The number of benzene rings is 5. The molecule has 0 aromatic heterocycles. The van der Waals surface area contributed by atoms with Crippen LogP contribution >= 0.6 is 0 Å². The lowest BCUT2D eigenvalue weighted by atomic mass is 9.77. The first kappa shape index (κ1) is 70.8. The zero-order chi connectivity index (χ0) is 66.4. The highest BCUT2D eigenvalue weighted by molar-refractivity contribution is 5.96. The number of nitrogens with zero attached hydrogens (tertiary/aromatic N) is 1. The molecular weight excluding hydrogens is 1160 g/mol. The van der Waals surface area contributed by atoms with E-state index < -0.39 is 106 Å². The van der Waals surface area contributed by atoms with E-state index in [2.05, 4.69) is 37.2 Å². The summed E-state index contributed by atoms with van der Waals surface area (Å²) in [6, 6.07) is 40.6. The highest BCUT2D eigenvalue weighted by Crippen LogP contribution is 2.37. The first-order valence-corrected chi connectivity index (χ1v) is 30.9. The molecular formula is C70H90N8O13. The summed E-state index contributed by atoms with van der Waals surface area (Å²) in [4.78, 5) is 129. The van der Waals surface area contributed by atoms with E-state index in [1.165, 1.54) is 12.0 Å². The van der Waals surface area contributed by atoms with Gasteiger partial charge >= 0.3 is 24.2 Å². The van der Waals surface area contributed by atoms with Crippen LogP contribution in [0.5, 0.6) is 0 Å². The number of ether oxygens (including phenoxy) is 4. The van der Waals surface area contributed by atoms with E-state index in [1.807, 2.05) is 97.1 Å². The van der Waals surface area contributed by atoms with Gasteiger partial charge in [0.1, 0.15) is 52.0 Å². The maximum atomic E-state index is 15.4. The summed E-state index contributed by atoms with van der Waals surface area (Å²) in [5, 5.41) is 20.0. The second kappa shape index (κ2) is 32.5. The molecule has 1 aliphatic heterocycles. The third kappa shape index (κ3) is 22.0. The number of hydrogen-bond donors (Lipinski definition) is 7. The molecule has 1 saturated heterocycles. The fourth-order valence-corrected chi connectivity index (χ4v) is 10.6. The Bertz CT molecular complexity index is 3120. The number of piperidine rings is 1. The van der Waals surface area contributed by atoms with Crippen molar-refractivity contribution in [1.82, 2.24) is 42.1 Å². The third-order valence-electron chi connectivity index (χ3n) is 14.9. The number of nitrogens with one attached hydrogen (secondary N) is 7. The first-order chi connectivity index (χ1) is 43.1. The van der Waals surface area contributed by atoms with E-state index in [-0.39, 0.29) is 71.0 Å². The predicted molar refractivity (Wildman–Crippen MR) is 344 cm³/mol. The number of carbonyl (C=O) groups is 9. The number of amides is 8. The van der Waals surface area contributed by atoms with Gasteiger partial charge in [-0.1, -0.05) is 152 Å². The molecule has 5 aromatic carbocycles. The molecule has 0 bridgehead atoms. The summed E-state index contributed by atoms with van der Waals surface area (Å²) in [7, 11) is 1.19. The Labute approximate surface area is 534 Å². The van der Waals surface area contributed by atoms with Gasteiger partial charge in [0.05, 0.1) is 7.11 Å². The Kier molecular flexibility index (Phi) is 25.3. The van der Waals surface area contributed by atoms with Crippen molar-refractivity contribution >= 4 is 53.8 Å². The second-order valence-corrected chi connectivity index (χ2v) is 25.6. The van der Waals surface area contributed by atoms with Crippen LogP contribution in [0.15, 0.2) is 152 Å². The highest BCUT2D eigenvalue weighted by Gasteiger charge is 2.47. The smallest absolute Gasteiger partial charge is 0.408 e. The number of methoxy groups -OCH3 is 1. The van der Waals surface area contributed by atoms with E-state index in [9.17, 15) is 24.0 Å². The van der Waals surface area contributed by atoms with E-state index in [1.54, 1.807) is 117 Å². The van der Waals surface area contributed by atoms with Gasteiger partial charge in [-0.25, -0.2) is 19.2 Å². The molecule has 0 unspecified atom stereocenters. The Hall–Kier alpha value is -9.27. The molecule has 7 N–H and O–H groups in total. The van der Waals surface area contributed by atoms with Crippen molar-refractivity contribution < 1.29 is 62.1 Å². The monoisotopic (exact) mass is 1250 g/mol. The molecule has 5 aromatic rings. The average molecular weight is 1250 g/mol. The van der Waals surface area contributed by atoms with Gasteiger partial charge in [-0.05, 0) is 129 Å². The molecule has 1 aliphatic rings. The topological polar surface area (TPSA) is 278 Å². The maximum Gasteiger partial charge on any atom is 0.408 e. The summed E-state index contributed by atoms with van der Waals surface area (Å²) < 4.78 is 21.6. The van der Waals surface area contributed by atoms with Crippen LogP contribution in [0.3, 0.4) is 0 Å². The summed E-state index contributed by atoms with van der Waals surface area (Å²) in [6.45, 7) is 15.3. The lowest BCUT2D eigenvalue weighted by Crippen LogP contribution is -2.63. The van der Waals surface area contributed by atoms with Crippen molar-refractivity contribution in [3.63, 3.8) is 0 Å². The summed E-state index contributed by atoms with van der Waals surface area (Å²) in [5.74, 6) is -4.22. The minimum Gasteiger partial charge on any atom is -0.467 e. The zero-order valence-corrected chi connectivity index (χ0v) is 54.0. The lowest BCUT2D eigenvalue weighted by molar-refractivity contribution is -0.153. The number of likely N-dealkylation sites (tertiary alicyclic amines) is 1. The normalized spacial score (nSPS) is 14.5. The number of alkyl carbamates (subject to hydrolysis) is 3. The van der Waals surface area contributed by atoms with Gasteiger partial charge in [0.25, 0.3) is 0 Å². The molecule has 21 nitrogen and oxygen atoms in total. The molecule has 1 heterocycles. The van der Waals surface area contributed by atoms with Crippen molar-refractivity contribution in [1.29, 1.82) is 0 Å².